The number of hydrogen-bond acceptors (Lipinski definition) is 5. The molecule has 2 N–H and O–H groups in total. The summed E-state index contributed by atoms with van der Waals surface area (Å²) in [4.78, 5) is 24.3. The Balaban J connectivity index is 1.74. The Hall–Kier alpha value is -3.36. The number of amides is 1. The van der Waals surface area contributed by atoms with Crippen molar-refractivity contribution in [2.45, 2.75) is 4.90 Å². The van der Waals surface area contributed by atoms with Crippen LogP contribution in [0.1, 0.15) is 20.7 Å². The molecule has 7 nitrogen and oxygen atoms in total. The number of nitrogens with one attached hydrogen (secondary N) is 2. The monoisotopic (exact) mass is 444 g/mol. The highest BCUT2D eigenvalue weighted by atomic mass is 35.5. The van der Waals surface area contributed by atoms with Gasteiger partial charge in [0.1, 0.15) is 0 Å². The van der Waals surface area contributed by atoms with E-state index in [1.54, 1.807) is 18.2 Å². The molecular weight excluding hydrogens is 428 g/mol. The van der Waals surface area contributed by atoms with Crippen LogP contribution in [0, 0.1) is 0 Å². The molecule has 0 spiro atoms. The molecule has 9 heteroatoms. The maximum atomic E-state index is 12.5. The first kappa shape index (κ1) is 21.4. The van der Waals surface area contributed by atoms with Crippen molar-refractivity contribution in [2.24, 2.45) is 0 Å². The molecule has 0 fully saturated rings. The highest BCUT2D eigenvalue weighted by molar-refractivity contribution is 7.92. The zero-order valence-electron chi connectivity index (χ0n) is 15.8. The molecule has 3 aromatic rings. The third-order valence-corrected chi connectivity index (χ3v) is 5.82. The first-order valence-electron chi connectivity index (χ1n) is 8.67. The van der Waals surface area contributed by atoms with E-state index in [1.165, 1.54) is 61.7 Å². The van der Waals surface area contributed by atoms with Gasteiger partial charge in [-0.25, -0.2) is 13.2 Å². The quantitative estimate of drug-likeness (QED) is 0.555. The molecule has 0 aliphatic heterocycles. The van der Waals surface area contributed by atoms with Crippen molar-refractivity contribution < 1.29 is 22.7 Å². The number of carbonyl (C=O) groups excluding carboxylic acids is 2. The number of anilines is 2. The van der Waals surface area contributed by atoms with Crippen molar-refractivity contribution in [3.63, 3.8) is 0 Å². The van der Waals surface area contributed by atoms with Gasteiger partial charge in [-0.3, -0.25) is 9.52 Å². The van der Waals surface area contributed by atoms with Gasteiger partial charge in [-0.05, 0) is 54.6 Å². The lowest BCUT2D eigenvalue weighted by Crippen LogP contribution is -2.14. The van der Waals surface area contributed by atoms with Gasteiger partial charge in [0.2, 0.25) is 0 Å². The van der Waals surface area contributed by atoms with Crippen LogP contribution in [0.5, 0.6) is 0 Å². The summed E-state index contributed by atoms with van der Waals surface area (Å²) in [5.74, 6) is -1.03. The minimum atomic E-state index is -3.73. The second-order valence-electron chi connectivity index (χ2n) is 6.14. The van der Waals surface area contributed by atoms with Crippen LogP contribution in [-0.4, -0.2) is 27.4 Å². The summed E-state index contributed by atoms with van der Waals surface area (Å²) in [6.07, 6.45) is 0. The van der Waals surface area contributed by atoms with Crippen LogP contribution in [-0.2, 0) is 14.8 Å². The second kappa shape index (κ2) is 8.98. The molecule has 3 aromatic carbocycles. The van der Waals surface area contributed by atoms with Crippen LogP contribution in [0.4, 0.5) is 11.4 Å². The molecular formula is C21H17ClN2O5S. The van der Waals surface area contributed by atoms with Gasteiger partial charge in [0.15, 0.2) is 0 Å². The van der Waals surface area contributed by atoms with Gasteiger partial charge >= 0.3 is 5.97 Å². The van der Waals surface area contributed by atoms with E-state index < -0.39 is 21.9 Å². The van der Waals surface area contributed by atoms with Crippen LogP contribution >= 0.6 is 11.6 Å². The lowest BCUT2D eigenvalue weighted by atomic mass is 10.1. The van der Waals surface area contributed by atoms with Crippen molar-refractivity contribution in [2.75, 3.05) is 17.1 Å². The number of methoxy groups -OCH3 is 1. The molecule has 3 rings (SSSR count). The minimum Gasteiger partial charge on any atom is -0.465 e. The van der Waals surface area contributed by atoms with Crippen LogP contribution in [0.2, 0.25) is 5.02 Å². The molecule has 154 valence electrons. The number of sulfonamides is 1. The van der Waals surface area contributed by atoms with E-state index in [2.05, 4.69) is 14.8 Å². The predicted molar refractivity (Wildman–Crippen MR) is 114 cm³/mol. The Labute approximate surface area is 178 Å². The fraction of sp³-hybridized carbons (Fsp3) is 0.0476. The molecule has 0 saturated carbocycles. The average molecular weight is 445 g/mol. The second-order valence-corrected chi connectivity index (χ2v) is 8.23. The highest BCUT2D eigenvalue weighted by Gasteiger charge is 2.15. The van der Waals surface area contributed by atoms with Gasteiger partial charge in [0.25, 0.3) is 15.9 Å². The third kappa shape index (κ3) is 4.97. The van der Waals surface area contributed by atoms with Gasteiger partial charge in [0.05, 0.1) is 28.3 Å². The van der Waals surface area contributed by atoms with Gasteiger partial charge in [-0.15, -0.1) is 0 Å². The van der Waals surface area contributed by atoms with Crippen molar-refractivity contribution >= 4 is 44.9 Å². The SMILES string of the molecule is COC(=O)c1ccc(Cl)c(NC(=O)c2ccc(NS(=O)(=O)c3ccccc3)cc2)c1. The summed E-state index contributed by atoms with van der Waals surface area (Å²) in [5, 5.41) is 2.88. The largest absolute Gasteiger partial charge is 0.465 e. The number of halogens is 1. The van der Waals surface area contributed by atoms with E-state index >= 15 is 0 Å². The number of rotatable bonds is 6. The summed E-state index contributed by atoms with van der Waals surface area (Å²) in [6, 6.07) is 18.2. The molecule has 0 heterocycles. The zero-order chi connectivity index (χ0) is 21.7. The first-order valence-corrected chi connectivity index (χ1v) is 10.5. The maximum absolute atomic E-state index is 12.5. The lowest BCUT2D eigenvalue weighted by molar-refractivity contribution is 0.0600. The standard InChI is InChI=1S/C21H17ClN2O5S/c1-29-21(26)15-9-12-18(22)19(13-15)23-20(25)14-7-10-16(11-8-14)24-30(27,28)17-5-3-2-4-6-17/h2-13,24H,1H3,(H,23,25). The normalized spacial score (nSPS) is 10.9. The molecule has 0 saturated heterocycles. The summed E-state index contributed by atoms with van der Waals surface area (Å²) < 4.78 is 31.8. The van der Waals surface area contributed by atoms with Gasteiger partial charge in [-0.1, -0.05) is 29.8 Å². The van der Waals surface area contributed by atoms with Crippen LogP contribution in [0.3, 0.4) is 0 Å². The summed E-state index contributed by atoms with van der Waals surface area (Å²) >= 11 is 6.09. The third-order valence-electron chi connectivity index (χ3n) is 4.09. The molecule has 0 unspecified atom stereocenters. The van der Waals surface area contributed by atoms with E-state index in [-0.39, 0.29) is 26.7 Å². The molecule has 0 bridgehead atoms. The van der Waals surface area contributed by atoms with E-state index in [0.717, 1.165) is 0 Å². The Kier molecular flexibility index (Phi) is 6.39. The zero-order valence-corrected chi connectivity index (χ0v) is 17.3. The summed E-state index contributed by atoms with van der Waals surface area (Å²) in [6.45, 7) is 0. The average Bonchev–Trinajstić information content (AvgIpc) is 2.75. The molecule has 0 aliphatic carbocycles. The topological polar surface area (TPSA) is 102 Å². The number of ether oxygens (including phenoxy) is 1. The number of hydrogen-bond donors (Lipinski definition) is 2. The molecule has 0 radical (unpaired) electrons. The Morgan fingerprint density at radius 2 is 1.53 bits per heavy atom. The first-order chi connectivity index (χ1) is 14.3. The molecule has 0 atom stereocenters. The number of esters is 1. The lowest BCUT2D eigenvalue weighted by Gasteiger charge is -2.10. The van der Waals surface area contributed by atoms with Crippen LogP contribution < -0.4 is 10.0 Å². The Morgan fingerprint density at radius 3 is 2.17 bits per heavy atom. The summed E-state index contributed by atoms with van der Waals surface area (Å²) in [7, 11) is -2.48. The van der Waals surface area contributed by atoms with Crippen LogP contribution in [0.25, 0.3) is 0 Å². The van der Waals surface area contributed by atoms with E-state index in [1.807, 2.05) is 0 Å². The predicted octanol–water partition coefficient (Wildman–Crippen LogP) is 4.18. The number of carbonyl (C=O) groups is 2. The molecule has 30 heavy (non-hydrogen) atoms. The highest BCUT2D eigenvalue weighted by Crippen LogP contribution is 2.24. The van der Waals surface area contributed by atoms with Crippen molar-refractivity contribution in [3.05, 3.63) is 88.9 Å². The van der Waals surface area contributed by atoms with Crippen molar-refractivity contribution in [1.82, 2.24) is 0 Å². The van der Waals surface area contributed by atoms with Crippen molar-refractivity contribution in [3.8, 4) is 0 Å². The smallest absolute Gasteiger partial charge is 0.337 e. The molecule has 1 amide bonds. The molecule has 0 aromatic heterocycles. The van der Waals surface area contributed by atoms with Crippen LogP contribution in [0.15, 0.2) is 77.7 Å². The Bertz CT molecular complexity index is 1180. The van der Waals surface area contributed by atoms with Crippen molar-refractivity contribution in [1.29, 1.82) is 0 Å². The van der Waals surface area contributed by atoms with E-state index in [9.17, 15) is 18.0 Å². The van der Waals surface area contributed by atoms with E-state index in [0.29, 0.717) is 5.69 Å². The Morgan fingerprint density at radius 1 is 0.900 bits per heavy atom. The van der Waals surface area contributed by atoms with Gasteiger partial charge in [-0.2, -0.15) is 0 Å². The number of benzene rings is 3. The minimum absolute atomic E-state index is 0.131. The fourth-order valence-electron chi connectivity index (χ4n) is 2.56. The van der Waals surface area contributed by atoms with Gasteiger partial charge < -0.3 is 10.1 Å². The maximum Gasteiger partial charge on any atom is 0.337 e. The van der Waals surface area contributed by atoms with E-state index in [4.69, 9.17) is 11.6 Å². The fourth-order valence-corrected chi connectivity index (χ4v) is 3.81. The summed E-state index contributed by atoms with van der Waals surface area (Å²) in [5.41, 5.74) is 1.07. The van der Waals surface area contributed by atoms with Gasteiger partial charge in [0, 0.05) is 11.3 Å². The molecule has 0 aliphatic rings.